The van der Waals surface area contributed by atoms with E-state index >= 15 is 0 Å². The van der Waals surface area contributed by atoms with E-state index in [9.17, 15) is 9.90 Å². The van der Waals surface area contributed by atoms with Crippen LogP contribution in [0.2, 0.25) is 0 Å². The molecule has 1 N–H and O–H groups in total. The smallest absolute Gasteiger partial charge is 0.164 e. The molecule has 1 radical (unpaired) electrons. The minimum absolute atomic E-state index is 0. The summed E-state index contributed by atoms with van der Waals surface area (Å²) in [6.07, 6.45) is 4.75. The minimum atomic E-state index is -0.337. The van der Waals surface area contributed by atoms with Gasteiger partial charge in [-0.1, -0.05) is 136 Å². The molecule has 2 aromatic heterocycles. The standard InChI is InChI=1S/C32H28NS.C15H28O2.Ir/c1-19(2)20-14-15-28-25(17-20)29-30(33-27-13-9-8-12-24(27)31(29)34-28)22-16-21-10-6-7-11-23(21)26(18-22)32(3,4)5;1-7-14(5,8-2)12(16)11-13(17)15(6,9-3)10-4;/h6-15,17-19H,1-5H3;11,16H,7-10H2,1-6H3;/q-1;;/b;12-11-;. The predicted molar refractivity (Wildman–Crippen MR) is 222 cm³/mol. The molecule has 3 nitrogen and oxygen atoms in total. The van der Waals surface area contributed by atoms with Crippen LogP contribution in [0.25, 0.3) is 53.1 Å². The summed E-state index contributed by atoms with van der Waals surface area (Å²) in [5, 5.41) is 16.3. The number of allylic oxidation sites excluding steroid dienone is 2. The van der Waals surface area contributed by atoms with E-state index in [-0.39, 0.29) is 47.9 Å². The van der Waals surface area contributed by atoms with Crippen molar-refractivity contribution in [2.24, 2.45) is 10.8 Å². The van der Waals surface area contributed by atoms with Crippen LogP contribution in [0.4, 0.5) is 0 Å². The van der Waals surface area contributed by atoms with Crippen molar-refractivity contribution in [2.75, 3.05) is 0 Å². The largest absolute Gasteiger partial charge is 0.512 e. The van der Waals surface area contributed by atoms with Crippen molar-refractivity contribution in [3.63, 3.8) is 0 Å². The molecule has 277 valence electrons. The van der Waals surface area contributed by atoms with Crippen molar-refractivity contribution >= 4 is 59.0 Å². The Kier molecular flexibility index (Phi) is 13.0. The van der Waals surface area contributed by atoms with Gasteiger partial charge in [-0.05, 0) is 65.5 Å². The van der Waals surface area contributed by atoms with Gasteiger partial charge in [0.15, 0.2) is 5.78 Å². The number of carbonyl (C=O) groups is 1. The molecule has 0 bridgehead atoms. The molecule has 0 spiro atoms. The third-order valence-electron chi connectivity index (χ3n) is 11.4. The second kappa shape index (κ2) is 16.3. The van der Waals surface area contributed by atoms with Crippen LogP contribution >= 0.6 is 11.3 Å². The molecule has 0 amide bonds. The van der Waals surface area contributed by atoms with Crippen LogP contribution in [0, 0.1) is 16.9 Å². The van der Waals surface area contributed by atoms with Gasteiger partial charge in [0.05, 0.1) is 5.52 Å². The Morgan fingerprint density at radius 2 is 1.40 bits per heavy atom. The van der Waals surface area contributed by atoms with Crippen LogP contribution in [-0.2, 0) is 30.3 Å². The third kappa shape index (κ3) is 8.08. The third-order valence-corrected chi connectivity index (χ3v) is 12.6. The molecule has 52 heavy (non-hydrogen) atoms. The number of benzene rings is 4. The van der Waals surface area contributed by atoms with Crippen LogP contribution in [-0.4, -0.2) is 15.9 Å². The van der Waals surface area contributed by atoms with Crippen molar-refractivity contribution in [3.05, 3.63) is 102 Å². The minimum Gasteiger partial charge on any atom is -0.512 e. The zero-order valence-corrected chi connectivity index (χ0v) is 36.2. The SMILES string of the molecule is CC(C)c1ccc2sc3c4ccccc4nc(-c4[c-]c5ccccc5c(C(C)(C)C)c4)c3c2c1.CCC(C)(CC)C(=O)/C=C(\O)C(C)(CC)CC.[Ir]. The van der Waals surface area contributed by atoms with Crippen LogP contribution in [0.1, 0.15) is 119 Å². The van der Waals surface area contributed by atoms with Gasteiger partial charge in [-0.3, -0.25) is 9.78 Å². The fourth-order valence-electron chi connectivity index (χ4n) is 6.70. The van der Waals surface area contributed by atoms with Gasteiger partial charge >= 0.3 is 0 Å². The summed E-state index contributed by atoms with van der Waals surface area (Å²) in [6, 6.07) is 30.2. The van der Waals surface area contributed by atoms with E-state index in [4.69, 9.17) is 4.98 Å². The number of ketones is 1. The van der Waals surface area contributed by atoms with E-state index in [1.54, 1.807) is 0 Å². The Morgan fingerprint density at radius 3 is 2.00 bits per heavy atom. The van der Waals surface area contributed by atoms with Crippen molar-refractivity contribution < 1.29 is 30.0 Å². The predicted octanol–water partition coefficient (Wildman–Crippen LogP) is 14.3. The van der Waals surface area contributed by atoms with E-state index < -0.39 is 0 Å². The molecule has 0 fully saturated rings. The average molecular weight is 891 g/mol. The summed E-state index contributed by atoms with van der Waals surface area (Å²) in [7, 11) is 0. The Balaban J connectivity index is 0.000000289. The van der Waals surface area contributed by atoms with E-state index in [2.05, 4.69) is 113 Å². The molecule has 0 aliphatic rings. The Bertz CT molecular complexity index is 2230. The number of aromatic nitrogens is 1. The van der Waals surface area contributed by atoms with Gasteiger partial charge in [0.1, 0.15) is 5.76 Å². The summed E-state index contributed by atoms with van der Waals surface area (Å²) in [5.41, 5.74) is 5.27. The first-order valence-corrected chi connectivity index (χ1v) is 19.6. The van der Waals surface area contributed by atoms with Crippen LogP contribution in [0.15, 0.2) is 84.6 Å². The quantitative estimate of drug-likeness (QED) is 0.0894. The van der Waals surface area contributed by atoms with Crippen molar-refractivity contribution in [3.8, 4) is 11.3 Å². The van der Waals surface area contributed by atoms with Crippen molar-refractivity contribution in [1.29, 1.82) is 0 Å². The van der Waals surface area contributed by atoms with E-state index in [0.29, 0.717) is 5.92 Å². The molecular weight excluding hydrogens is 835 g/mol. The number of nitrogens with zero attached hydrogens (tertiary/aromatic N) is 1. The maximum absolute atomic E-state index is 12.2. The van der Waals surface area contributed by atoms with Crippen LogP contribution < -0.4 is 0 Å². The van der Waals surface area contributed by atoms with Crippen LogP contribution in [0.5, 0.6) is 0 Å². The summed E-state index contributed by atoms with van der Waals surface area (Å²) in [6.45, 7) is 23.5. The number of para-hydroxylation sites is 1. The number of pyridine rings is 1. The summed E-state index contributed by atoms with van der Waals surface area (Å²) < 4.78 is 2.63. The maximum Gasteiger partial charge on any atom is 0.164 e. The van der Waals surface area contributed by atoms with Gasteiger partial charge in [-0.15, -0.1) is 40.5 Å². The summed E-state index contributed by atoms with van der Waals surface area (Å²) in [4.78, 5) is 17.5. The molecule has 0 unspecified atom stereocenters. The molecule has 0 aliphatic carbocycles. The number of hydrogen-bond donors (Lipinski definition) is 1. The van der Waals surface area contributed by atoms with E-state index in [1.165, 1.54) is 48.1 Å². The van der Waals surface area contributed by atoms with Gasteiger partial charge < -0.3 is 5.11 Å². The molecule has 0 aliphatic heterocycles. The molecular formula is C47H56IrNO2S-. The normalized spacial score (nSPS) is 12.7. The number of hydrogen-bond acceptors (Lipinski definition) is 4. The Labute approximate surface area is 329 Å². The molecule has 6 aromatic rings. The fraction of sp³-hybridized carbons (Fsp3) is 0.404. The molecule has 4 aromatic carbocycles. The second-order valence-electron chi connectivity index (χ2n) is 16.0. The second-order valence-corrected chi connectivity index (χ2v) is 17.1. The average Bonchev–Trinajstić information content (AvgIpc) is 3.52. The van der Waals surface area contributed by atoms with E-state index in [1.807, 2.05) is 52.9 Å². The molecule has 0 atom stereocenters. The zero-order chi connectivity index (χ0) is 37.3. The fourth-order valence-corrected chi connectivity index (χ4v) is 7.91. The number of aliphatic hydroxyl groups is 1. The first-order valence-electron chi connectivity index (χ1n) is 18.8. The van der Waals surface area contributed by atoms with Crippen molar-refractivity contribution in [2.45, 2.75) is 113 Å². The number of carbonyl (C=O) groups excluding carboxylic acids is 1. The van der Waals surface area contributed by atoms with E-state index in [0.717, 1.165) is 47.8 Å². The number of aliphatic hydroxyl groups excluding tert-OH is 1. The molecule has 0 saturated heterocycles. The molecule has 6 rings (SSSR count). The maximum atomic E-state index is 12.2. The number of thiophene rings is 1. The zero-order valence-electron chi connectivity index (χ0n) is 33.0. The topological polar surface area (TPSA) is 50.2 Å². The van der Waals surface area contributed by atoms with Gasteiger partial charge in [0.2, 0.25) is 0 Å². The van der Waals surface area contributed by atoms with Crippen molar-refractivity contribution in [1.82, 2.24) is 4.98 Å². The van der Waals surface area contributed by atoms with Gasteiger partial charge in [-0.25, -0.2) is 0 Å². The summed E-state index contributed by atoms with van der Waals surface area (Å²) >= 11 is 1.88. The summed E-state index contributed by atoms with van der Waals surface area (Å²) in [5.74, 6) is 0.768. The molecule has 0 saturated carbocycles. The Hall–Kier alpha value is -3.37. The van der Waals surface area contributed by atoms with Gasteiger partial charge in [-0.2, -0.15) is 0 Å². The number of fused-ring (bicyclic) bond motifs is 6. The van der Waals surface area contributed by atoms with Crippen LogP contribution in [0.3, 0.4) is 0 Å². The molecule has 2 heterocycles. The molecule has 5 heteroatoms. The Morgan fingerprint density at radius 1 is 0.808 bits per heavy atom. The van der Waals surface area contributed by atoms with Gasteiger partial charge in [0, 0.05) is 57.5 Å². The monoisotopic (exact) mass is 891 g/mol. The van der Waals surface area contributed by atoms with Gasteiger partial charge in [0.25, 0.3) is 0 Å². The first-order chi connectivity index (χ1) is 24.1. The number of rotatable bonds is 9. The first kappa shape index (κ1) is 41.4.